The second-order valence-corrected chi connectivity index (χ2v) is 6.65. The van der Waals surface area contributed by atoms with Crippen LogP contribution >= 0.6 is 23.2 Å². The van der Waals surface area contributed by atoms with Crippen LogP contribution in [0, 0.1) is 0 Å². The Morgan fingerprint density at radius 1 is 1.43 bits per heavy atom. The summed E-state index contributed by atoms with van der Waals surface area (Å²) in [5, 5.41) is 15.6. The van der Waals surface area contributed by atoms with E-state index in [1.807, 2.05) is 18.2 Å². The van der Waals surface area contributed by atoms with Gasteiger partial charge in [-0.1, -0.05) is 29.8 Å². The second-order valence-electron chi connectivity index (χ2n) is 5.52. The maximum Gasteiger partial charge on any atom is 0.343 e. The fourth-order valence-electron chi connectivity index (χ4n) is 2.53. The van der Waals surface area contributed by atoms with Crippen molar-refractivity contribution in [2.24, 2.45) is 0 Å². The number of rotatable bonds is 5. The van der Waals surface area contributed by atoms with Crippen molar-refractivity contribution in [3.05, 3.63) is 51.7 Å². The molecular formula is C14H15Cl2N3O2. The van der Waals surface area contributed by atoms with E-state index in [-0.39, 0.29) is 18.7 Å². The summed E-state index contributed by atoms with van der Waals surface area (Å²) in [7, 11) is 0. The number of halogens is 2. The third-order valence-corrected chi connectivity index (χ3v) is 5.09. The van der Waals surface area contributed by atoms with Gasteiger partial charge in [0, 0.05) is 11.4 Å². The average Bonchev–Trinajstić information content (AvgIpc) is 3.09. The Bertz CT molecular complexity index is 708. The molecule has 0 spiro atoms. The first-order valence-electron chi connectivity index (χ1n) is 6.69. The molecule has 1 aromatic heterocycles. The summed E-state index contributed by atoms with van der Waals surface area (Å²) in [4.78, 5) is 13.4. The smallest absolute Gasteiger partial charge is 0.343 e. The molecule has 2 aromatic rings. The zero-order valence-electron chi connectivity index (χ0n) is 11.2. The Morgan fingerprint density at radius 2 is 2.14 bits per heavy atom. The lowest BCUT2D eigenvalue weighted by Gasteiger charge is -2.33. The molecule has 1 atom stereocenters. The number of benzene rings is 1. The summed E-state index contributed by atoms with van der Waals surface area (Å²) >= 11 is 12.6. The standard InChI is InChI=1S/C14H15Cl2N3O2/c15-11-4-2-1-3-10(11)7-14(21,13(16)5-6-13)8-19-12(20)17-9-18-19/h1-4,9,21H,5-8H2,(H,17,18,20). The number of H-pyrrole nitrogens is 1. The first-order chi connectivity index (χ1) is 9.94. The Morgan fingerprint density at radius 3 is 2.71 bits per heavy atom. The first-order valence-corrected chi connectivity index (χ1v) is 7.44. The predicted octanol–water partition coefficient (Wildman–Crippen LogP) is 1.97. The van der Waals surface area contributed by atoms with Gasteiger partial charge in [0.1, 0.15) is 11.9 Å². The molecule has 112 valence electrons. The molecular weight excluding hydrogens is 313 g/mol. The van der Waals surface area contributed by atoms with Gasteiger partial charge in [0.2, 0.25) is 0 Å². The molecule has 0 radical (unpaired) electrons. The Kier molecular flexibility index (Phi) is 3.59. The van der Waals surface area contributed by atoms with Gasteiger partial charge in [-0.25, -0.2) is 9.48 Å². The zero-order chi connectivity index (χ0) is 15.1. The average molecular weight is 328 g/mol. The van der Waals surface area contributed by atoms with Crippen LogP contribution in [-0.2, 0) is 13.0 Å². The van der Waals surface area contributed by atoms with Gasteiger partial charge in [-0.2, -0.15) is 5.10 Å². The normalized spacial score (nSPS) is 19.2. The van der Waals surface area contributed by atoms with Crippen molar-refractivity contribution in [3.8, 4) is 0 Å². The van der Waals surface area contributed by atoms with Gasteiger partial charge in [-0.3, -0.25) is 4.98 Å². The number of nitrogens with one attached hydrogen (secondary N) is 1. The third-order valence-electron chi connectivity index (χ3n) is 3.99. The number of nitrogens with zero attached hydrogens (tertiary/aromatic N) is 2. The lowest BCUT2D eigenvalue weighted by Crippen LogP contribution is -2.49. The van der Waals surface area contributed by atoms with Crippen molar-refractivity contribution in [2.75, 3.05) is 0 Å². The van der Waals surface area contributed by atoms with Gasteiger partial charge >= 0.3 is 5.69 Å². The Labute approximate surface area is 131 Å². The number of hydrogen-bond acceptors (Lipinski definition) is 3. The molecule has 0 saturated heterocycles. The summed E-state index contributed by atoms with van der Waals surface area (Å²) in [5.74, 6) is 0. The molecule has 1 saturated carbocycles. The highest BCUT2D eigenvalue weighted by Crippen LogP contribution is 2.53. The van der Waals surface area contributed by atoms with E-state index in [2.05, 4.69) is 10.1 Å². The van der Waals surface area contributed by atoms with Crippen molar-refractivity contribution >= 4 is 23.2 Å². The number of alkyl halides is 1. The summed E-state index contributed by atoms with van der Waals surface area (Å²) in [6, 6.07) is 7.31. The van der Waals surface area contributed by atoms with Crippen LogP contribution in [0.15, 0.2) is 35.4 Å². The van der Waals surface area contributed by atoms with Gasteiger partial charge in [0.05, 0.1) is 11.4 Å². The van der Waals surface area contributed by atoms with Crippen LogP contribution in [0.5, 0.6) is 0 Å². The van der Waals surface area contributed by atoms with Crippen LogP contribution in [0.3, 0.4) is 0 Å². The van der Waals surface area contributed by atoms with Crippen molar-refractivity contribution in [3.63, 3.8) is 0 Å². The fourth-order valence-corrected chi connectivity index (χ4v) is 2.95. The van der Waals surface area contributed by atoms with Crippen LogP contribution in [0.4, 0.5) is 0 Å². The van der Waals surface area contributed by atoms with Gasteiger partial charge in [-0.05, 0) is 24.5 Å². The minimum atomic E-state index is -1.28. The van der Waals surface area contributed by atoms with E-state index >= 15 is 0 Å². The summed E-state index contributed by atoms with van der Waals surface area (Å²) in [6.45, 7) is 0.0318. The first kappa shape index (κ1) is 14.6. The van der Waals surface area contributed by atoms with Gasteiger partial charge < -0.3 is 5.11 Å². The highest BCUT2D eigenvalue weighted by Gasteiger charge is 2.58. The molecule has 5 nitrogen and oxygen atoms in total. The molecule has 0 bridgehead atoms. The highest BCUT2D eigenvalue weighted by molar-refractivity contribution is 6.31. The maximum absolute atomic E-state index is 11.6. The number of aliphatic hydroxyl groups is 1. The topological polar surface area (TPSA) is 70.9 Å². The van der Waals surface area contributed by atoms with E-state index < -0.39 is 10.5 Å². The molecule has 0 aliphatic heterocycles. The molecule has 1 fully saturated rings. The van der Waals surface area contributed by atoms with Crippen molar-refractivity contribution in [2.45, 2.75) is 36.3 Å². The van der Waals surface area contributed by atoms with Crippen molar-refractivity contribution < 1.29 is 5.11 Å². The predicted molar refractivity (Wildman–Crippen MR) is 80.8 cm³/mol. The molecule has 1 aliphatic carbocycles. The summed E-state index contributed by atoms with van der Waals surface area (Å²) < 4.78 is 1.19. The molecule has 1 heterocycles. The lowest BCUT2D eigenvalue weighted by atomic mass is 9.89. The second kappa shape index (κ2) is 5.16. The van der Waals surface area contributed by atoms with Crippen LogP contribution in [0.1, 0.15) is 18.4 Å². The van der Waals surface area contributed by atoms with Crippen molar-refractivity contribution in [1.82, 2.24) is 14.8 Å². The van der Waals surface area contributed by atoms with E-state index in [0.29, 0.717) is 17.9 Å². The van der Waals surface area contributed by atoms with Gasteiger partial charge in [0.25, 0.3) is 0 Å². The zero-order valence-corrected chi connectivity index (χ0v) is 12.7. The maximum atomic E-state index is 11.6. The Balaban J connectivity index is 1.93. The van der Waals surface area contributed by atoms with E-state index in [4.69, 9.17) is 23.2 Å². The largest absolute Gasteiger partial charge is 0.386 e. The Hall–Kier alpha value is -1.30. The molecule has 0 amide bonds. The van der Waals surface area contributed by atoms with Crippen LogP contribution in [0.2, 0.25) is 5.02 Å². The van der Waals surface area contributed by atoms with E-state index in [1.54, 1.807) is 6.07 Å². The molecule has 21 heavy (non-hydrogen) atoms. The minimum absolute atomic E-state index is 0.0318. The lowest BCUT2D eigenvalue weighted by molar-refractivity contribution is 0.00676. The van der Waals surface area contributed by atoms with Crippen molar-refractivity contribution in [1.29, 1.82) is 0 Å². The molecule has 1 unspecified atom stereocenters. The number of aromatic nitrogens is 3. The summed E-state index contributed by atoms with van der Waals surface area (Å²) in [5.41, 5.74) is -0.843. The SMILES string of the molecule is O=c1[nH]cnn1CC(O)(Cc1ccccc1Cl)C1(Cl)CC1. The van der Waals surface area contributed by atoms with Gasteiger partial charge in [-0.15, -0.1) is 11.6 Å². The molecule has 1 aromatic carbocycles. The van der Waals surface area contributed by atoms with E-state index in [1.165, 1.54) is 11.0 Å². The fraction of sp³-hybridized carbons (Fsp3) is 0.429. The quantitative estimate of drug-likeness (QED) is 0.825. The molecule has 7 heteroatoms. The van der Waals surface area contributed by atoms with Crippen LogP contribution < -0.4 is 5.69 Å². The number of aromatic amines is 1. The molecule has 1 aliphatic rings. The van der Waals surface area contributed by atoms with Crippen LogP contribution in [-0.4, -0.2) is 30.3 Å². The highest BCUT2D eigenvalue weighted by atomic mass is 35.5. The monoisotopic (exact) mass is 327 g/mol. The van der Waals surface area contributed by atoms with E-state index in [0.717, 1.165) is 5.56 Å². The van der Waals surface area contributed by atoms with Crippen LogP contribution in [0.25, 0.3) is 0 Å². The van der Waals surface area contributed by atoms with E-state index in [9.17, 15) is 9.90 Å². The molecule has 3 rings (SSSR count). The molecule has 2 N–H and O–H groups in total. The van der Waals surface area contributed by atoms with Gasteiger partial charge in [0.15, 0.2) is 0 Å². The minimum Gasteiger partial charge on any atom is -0.386 e. The number of hydrogen-bond donors (Lipinski definition) is 2. The summed E-state index contributed by atoms with van der Waals surface area (Å²) in [6.07, 6.45) is 2.98. The third kappa shape index (κ3) is 2.73.